The smallest absolute Gasteiger partial charge is 0.0662 e. The molecule has 0 saturated carbocycles. The van der Waals surface area contributed by atoms with Crippen molar-refractivity contribution in [2.45, 2.75) is 13.8 Å². The van der Waals surface area contributed by atoms with Gasteiger partial charge in [-0.15, -0.1) is 10.5 Å². The van der Waals surface area contributed by atoms with E-state index in [2.05, 4.69) is 18.4 Å². The molecule has 0 bridgehead atoms. The van der Waals surface area contributed by atoms with E-state index in [4.69, 9.17) is 4.74 Å². The summed E-state index contributed by atoms with van der Waals surface area (Å²) < 4.78 is 4.95. The van der Waals surface area contributed by atoms with Gasteiger partial charge in [-0.2, -0.15) is 0 Å². The Kier molecular flexibility index (Phi) is 6.18. The van der Waals surface area contributed by atoms with Crippen molar-refractivity contribution in [2.24, 2.45) is 0 Å². The average Bonchev–Trinajstić information content (AvgIpc) is 2.00. The van der Waals surface area contributed by atoms with Crippen LogP contribution >= 0.6 is 10.5 Å². The average molecular weight is 172 g/mol. The third-order valence-electron chi connectivity index (χ3n) is 1.23. The molecule has 0 aromatic heterocycles. The number of allylic oxidation sites excluding steroid dienone is 3. The van der Waals surface area contributed by atoms with Gasteiger partial charge in [0.25, 0.3) is 0 Å². The lowest BCUT2D eigenvalue weighted by atomic mass is 10.4. The van der Waals surface area contributed by atoms with Crippen LogP contribution in [0.5, 0.6) is 0 Å². The molecule has 0 spiro atoms. The van der Waals surface area contributed by atoms with Gasteiger partial charge < -0.3 is 4.74 Å². The van der Waals surface area contributed by atoms with Crippen molar-refractivity contribution >= 4 is 16.0 Å². The second-order valence-electron chi connectivity index (χ2n) is 2.08. The third kappa shape index (κ3) is 4.17. The van der Waals surface area contributed by atoms with Crippen LogP contribution in [0.15, 0.2) is 23.1 Å². The maximum atomic E-state index is 4.95. The Morgan fingerprint density at radius 2 is 2.00 bits per heavy atom. The van der Waals surface area contributed by atoms with Gasteiger partial charge in [0.2, 0.25) is 0 Å². The Bertz CT molecular complexity index is 190. The molecule has 0 aliphatic heterocycles. The predicted octanol–water partition coefficient (Wildman–Crippen LogP) is 2.77. The van der Waals surface area contributed by atoms with E-state index >= 15 is 0 Å². The summed E-state index contributed by atoms with van der Waals surface area (Å²) in [7, 11) is 1.81. The highest BCUT2D eigenvalue weighted by Crippen LogP contribution is 2.20. The van der Waals surface area contributed by atoms with Crippen molar-refractivity contribution < 1.29 is 4.74 Å². The quantitative estimate of drug-likeness (QED) is 0.470. The standard InChI is InChI=1S/C9H16OS/c1-5-7-9(6-2)11(4)8-10-3/h5-8H,1-4H3. The van der Waals surface area contributed by atoms with E-state index in [9.17, 15) is 0 Å². The first-order valence-corrected chi connectivity index (χ1v) is 5.25. The van der Waals surface area contributed by atoms with Crippen LogP contribution < -0.4 is 0 Å². The summed E-state index contributed by atoms with van der Waals surface area (Å²) in [5.41, 5.74) is 1.86. The highest BCUT2D eigenvalue weighted by atomic mass is 32.2. The molecule has 0 aliphatic carbocycles. The van der Waals surface area contributed by atoms with Crippen molar-refractivity contribution in [1.82, 2.24) is 0 Å². The summed E-state index contributed by atoms with van der Waals surface area (Å²) in [6, 6.07) is 0. The molecule has 64 valence electrons. The Balaban J connectivity index is 4.40. The van der Waals surface area contributed by atoms with Crippen molar-refractivity contribution in [3.63, 3.8) is 0 Å². The fraction of sp³-hybridized carbons (Fsp3) is 0.444. The lowest BCUT2D eigenvalue weighted by molar-refractivity contribution is 0.432. The zero-order valence-electron chi connectivity index (χ0n) is 7.63. The summed E-state index contributed by atoms with van der Waals surface area (Å²) in [6.45, 7) is 4.07. The SMILES string of the molecule is CC=CC(=CC)S(C)=COC. The van der Waals surface area contributed by atoms with Gasteiger partial charge in [-0.3, -0.25) is 0 Å². The highest BCUT2D eigenvalue weighted by molar-refractivity contribution is 8.17. The van der Waals surface area contributed by atoms with Crippen molar-refractivity contribution in [3.05, 3.63) is 23.1 Å². The van der Waals surface area contributed by atoms with Gasteiger partial charge in [0.1, 0.15) is 0 Å². The molecule has 11 heavy (non-hydrogen) atoms. The molecule has 0 aliphatic rings. The summed E-state index contributed by atoms with van der Waals surface area (Å²) in [5.74, 6) is 0. The molecule has 0 heterocycles. The molecule has 2 heteroatoms. The maximum absolute atomic E-state index is 4.95. The Morgan fingerprint density at radius 3 is 2.36 bits per heavy atom. The number of hydrogen-bond donors (Lipinski definition) is 0. The van der Waals surface area contributed by atoms with Gasteiger partial charge in [-0.05, 0) is 25.0 Å². The van der Waals surface area contributed by atoms with Crippen LogP contribution in [0.25, 0.3) is 0 Å². The first kappa shape index (κ1) is 10.7. The molecule has 0 fully saturated rings. The molecule has 0 aromatic rings. The Labute approximate surface area is 71.7 Å². The van der Waals surface area contributed by atoms with Crippen LogP contribution in [0, 0.1) is 0 Å². The number of hydrogen-bond acceptors (Lipinski definition) is 1. The van der Waals surface area contributed by atoms with Gasteiger partial charge in [-0.25, -0.2) is 0 Å². The fourth-order valence-electron chi connectivity index (χ4n) is 0.754. The van der Waals surface area contributed by atoms with Gasteiger partial charge in [0, 0.05) is 7.11 Å². The largest absolute Gasteiger partial charge is 0.351 e. The van der Waals surface area contributed by atoms with Crippen LogP contribution in [0.3, 0.4) is 0 Å². The highest BCUT2D eigenvalue weighted by Gasteiger charge is 1.89. The molecule has 0 aromatic carbocycles. The van der Waals surface area contributed by atoms with Gasteiger partial charge >= 0.3 is 0 Å². The zero-order valence-corrected chi connectivity index (χ0v) is 8.44. The van der Waals surface area contributed by atoms with Gasteiger partial charge in [0.15, 0.2) is 0 Å². The van der Waals surface area contributed by atoms with Crippen LogP contribution in [0.2, 0.25) is 0 Å². The number of methoxy groups -OCH3 is 1. The van der Waals surface area contributed by atoms with Gasteiger partial charge in [0.05, 0.1) is 5.55 Å². The Hall–Kier alpha value is -0.340. The molecule has 0 rings (SSSR count). The van der Waals surface area contributed by atoms with Crippen LogP contribution in [-0.4, -0.2) is 18.9 Å². The second-order valence-corrected chi connectivity index (χ2v) is 3.86. The van der Waals surface area contributed by atoms with E-state index in [1.165, 1.54) is 4.91 Å². The fourth-order valence-corrected chi connectivity index (χ4v) is 1.88. The van der Waals surface area contributed by atoms with E-state index in [1.807, 2.05) is 25.5 Å². The molecule has 1 nitrogen and oxygen atoms in total. The van der Waals surface area contributed by atoms with Crippen LogP contribution in [0.1, 0.15) is 13.8 Å². The zero-order chi connectivity index (χ0) is 8.69. The summed E-state index contributed by atoms with van der Waals surface area (Å²) >= 11 is 0. The minimum Gasteiger partial charge on any atom is -0.351 e. The topological polar surface area (TPSA) is 9.23 Å². The van der Waals surface area contributed by atoms with E-state index in [0.29, 0.717) is 0 Å². The molecule has 1 unspecified atom stereocenters. The Morgan fingerprint density at radius 1 is 1.36 bits per heavy atom. The summed E-state index contributed by atoms with van der Waals surface area (Å²) in [5, 5.41) is 0. The number of rotatable bonds is 3. The van der Waals surface area contributed by atoms with E-state index in [1.54, 1.807) is 7.11 Å². The van der Waals surface area contributed by atoms with E-state index < -0.39 is 0 Å². The lowest BCUT2D eigenvalue weighted by Gasteiger charge is -2.01. The van der Waals surface area contributed by atoms with E-state index in [0.717, 1.165) is 0 Å². The molecular weight excluding hydrogens is 156 g/mol. The second kappa shape index (κ2) is 6.38. The van der Waals surface area contributed by atoms with Crippen LogP contribution in [-0.2, 0) is 4.74 Å². The maximum Gasteiger partial charge on any atom is 0.0662 e. The van der Waals surface area contributed by atoms with E-state index in [-0.39, 0.29) is 10.5 Å². The molecule has 0 saturated heterocycles. The van der Waals surface area contributed by atoms with Crippen molar-refractivity contribution in [2.75, 3.05) is 13.4 Å². The molecular formula is C9H16OS. The minimum absolute atomic E-state index is 0.119. The monoisotopic (exact) mass is 172 g/mol. The minimum atomic E-state index is 0.119. The first-order valence-electron chi connectivity index (χ1n) is 3.56. The molecule has 0 N–H and O–H groups in total. The summed E-state index contributed by atoms with van der Waals surface area (Å²) in [4.78, 5) is 1.31. The molecule has 1 atom stereocenters. The van der Waals surface area contributed by atoms with Crippen molar-refractivity contribution in [3.8, 4) is 0 Å². The normalized spacial score (nSPS) is 16.2. The summed E-state index contributed by atoms with van der Waals surface area (Å²) in [6.07, 6.45) is 8.40. The first-order chi connectivity index (χ1) is 5.26. The molecule has 0 amide bonds. The predicted molar refractivity (Wildman–Crippen MR) is 55.2 cm³/mol. The van der Waals surface area contributed by atoms with Crippen LogP contribution in [0.4, 0.5) is 0 Å². The number of ether oxygens (including phenoxy) is 1. The van der Waals surface area contributed by atoms with Crippen molar-refractivity contribution in [1.29, 1.82) is 0 Å². The third-order valence-corrected chi connectivity index (χ3v) is 2.82. The lowest BCUT2D eigenvalue weighted by Crippen LogP contribution is -1.80. The van der Waals surface area contributed by atoms with Gasteiger partial charge in [-0.1, -0.05) is 18.2 Å². The molecule has 0 radical (unpaired) electrons.